The zero-order valence-electron chi connectivity index (χ0n) is 16.5. The SMILES string of the molecule is CCCC(C)=Nc1c(C(OCCOC)C(F)(F)F)ccc(-c2nccs2)c1C. The molecule has 0 fully saturated rings. The molecule has 1 aromatic carbocycles. The van der Waals surface area contributed by atoms with Gasteiger partial charge in [0.2, 0.25) is 0 Å². The highest BCUT2D eigenvalue weighted by Crippen LogP contribution is 2.44. The number of aromatic nitrogens is 1. The van der Waals surface area contributed by atoms with Crippen LogP contribution in [0.25, 0.3) is 10.6 Å². The Labute approximate surface area is 167 Å². The van der Waals surface area contributed by atoms with Crippen LogP contribution in [0, 0.1) is 6.92 Å². The number of methoxy groups -OCH3 is 1. The van der Waals surface area contributed by atoms with Gasteiger partial charge in [-0.1, -0.05) is 25.5 Å². The second-order valence-electron chi connectivity index (χ2n) is 6.40. The molecule has 0 aliphatic carbocycles. The molecule has 1 heterocycles. The second-order valence-corrected chi connectivity index (χ2v) is 7.29. The molecule has 0 aliphatic rings. The molecule has 0 saturated carbocycles. The number of ether oxygens (including phenoxy) is 2. The fourth-order valence-corrected chi connectivity index (χ4v) is 3.61. The first-order valence-electron chi connectivity index (χ1n) is 9.04. The summed E-state index contributed by atoms with van der Waals surface area (Å²) in [6.07, 6.45) is -3.39. The van der Waals surface area contributed by atoms with Crippen molar-refractivity contribution in [2.75, 3.05) is 20.3 Å². The number of hydrogen-bond acceptors (Lipinski definition) is 5. The Kier molecular flexibility index (Phi) is 8.15. The molecule has 0 saturated heterocycles. The smallest absolute Gasteiger partial charge is 0.382 e. The Morgan fingerprint density at radius 2 is 2.04 bits per heavy atom. The van der Waals surface area contributed by atoms with Gasteiger partial charge in [0.1, 0.15) is 5.01 Å². The maximum Gasteiger partial charge on any atom is 0.418 e. The lowest BCUT2D eigenvalue weighted by Gasteiger charge is -2.24. The number of nitrogens with zero attached hydrogens (tertiary/aromatic N) is 2. The van der Waals surface area contributed by atoms with Gasteiger partial charge >= 0.3 is 6.18 Å². The minimum absolute atomic E-state index is 0.0110. The van der Waals surface area contributed by atoms with Gasteiger partial charge in [-0.05, 0) is 25.8 Å². The standard InChI is InChI=1S/C20H25F3N2O2S/c1-5-6-13(2)25-17-14(3)15(19-24-9-12-28-19)7-8-16(17)18(20(21,22)23)27-11-10-26-4/h7-9,12,18H,5-6,10-11H2,1-4H3. The number of benzene rings is 1. The normalized spacial score (nSPS) is 13.8. The summed E-state index contributed by atoms with van der Waals surface area (Å²) < 4.78 is 51.3. The highest BCUT2D eigenvalue weighted by molar-refractivity contribution is 7.13. The quantitative estimate of drug-likeness (QED) is 0.358. The van der Waals surface area contributed by atoms with Gasteiger partial charge in [0, 0.05) is 35.5 Å². The lowest BCUT2D eigenvalue weighted by molar-refractivity contribution is -0.225. The molecule has 0 radical (unpaired) electrons. The third kappa shape index (κ3) is 5.62. The Morgan fingerprint density at radius 1 is 1.29 bits per heavy atom. The minimum Gasteiger partial charge on any atom is -0.382 e. The van der Waals surface area contributed by atoms with Crippen molar-refractivity contribution < 1.29 is 22.6 Å². The van der Waals surface area contributed by atoms with Crippen molar-refractivity contribution in [3.05, 3.63) is 34.8 Å². The van der Waals surface area contributed by atoms with Gasteiger partial charge < -0.3 is 9.47 Å². The van der Waals surface area contributed by atoms with Crippen molar-refractivity contribution in [2.24, 2.45) is 4.99 Å². The summed E-state index contributed by atoms with van der Waals surface area (Å²) in [5.41, 5.74) is 2.53. The predicted molar refractivity (Wildman–Crippen MR) is 107 cm³/mol. The van der Waals surface area contributed by atoms with Crippen molar-refractivity contribution in [1.82, 2.24) is 4.98 Å². The van der Waals surface area contributed by atoms with Crippen molar-refractivity contribution in [3.8, 4) is 10.6 Å². The van der Waals surface area contributed by atoms with Gasteiger partial charge in [-0.15, -0.1) is 11.3 Å². The Hall–Kier alpha value is -1.77. The Bertz CT molecular complexity index is 789. The van der Waals surface area contributed by atoms with Crippen LogP contribution in [0.3, 0.4) is 0 Å². The number of halogens is 3. The van der Waals surface area contributed by atoms with E-state index in [9.17, 15) is 13.2 Å². The summed E-state index contributed by atoms with van der Waals surface area (Å²) in [6.45, 7) is 5.53. The van der Waals surface area contributed by atoms with Crippen molar-refractivity contribution in [3.63, 3.8) is 0 Å². The van der Waals surface area contributed by atoms with Crippen LogP contribution in [0.5, 0.6) is 0 Å². The fourth-order valence-electron chi connectivity index (χ4n) is 2.89. The van der Waals surface area contributed by atoms with Gasteiger partial charge in [-0.25, -0.2) is 4.98 Å². The van der Waals surface area contributed by atoms with Gasteiger partial charge in [0.25, 0.3) is 0 Å². The monoisotopic (exact) mass is 414 g/mol. The van der Waals surface area contributed by atoms with E-state index in [0.717, 1.165) is 22.7 Å². The first-order chi connectivity index (χ1) is 13.3. The van der Waals surface area contributed by atoms with Gasteiger partial charge in [0.15, 0.2) is 6.10 Å². The largest absolute Gasteiger partial charge is 0.418 e. The van der Waals surface area contributed by atoms with Crippen LogP contribution >= 0.6 is 11.3 Å². The van der Waals surface area contributed by atoms with Crippen LogP contribution in [-0.2, 0) is 9.47 Å². The minimum atomic E-state index is -4.56. The van der Waals surface area contributed by atoms with Gasteiger partial charge in [-0.2, -0.15) is 13.2 Å². The number of alkyl halides is 3. The molecule has 2 rings (SSSR count). The van der Waals surface area contributed by atoms with Crippen LogP contribution in [0.2, 0.25) is 0 Å². The van der Waals surface area contributed by atoms with E-state index in [1.165, 1.54) is 24.5 Å². The first-order valence-corrected chi connectivity index (χ1v) is 9.92. The molecular formula is C20H25F3N2O2S. The zero-order valence-corrected chi connectivity index (χ0v) is 17.3. The van der Waals surface area contributed by atoms with E-state index in [1.807, 2.05) is 19.2 Å². The van der Waals surface area contributed by atoms with Crippen molar-refractivity contribution in [1.29, 1.82) is 0 Å². The van der Waals surface area contributed by atoms with E-state index in [1.54, 1.807) is 19.2 Å². The van der Waals surface area contributed by atoms with Gasteiger partial charge in [-0.3, -0.25) is 4.99 Å². The summed E-state index contributed by atoms with van der Waals surface area (Å²) in [7, 11) is 1.42. The van der Waals surface area contributed by atoms with E-state index in [0.29, 0.717) is 17.7 Å². The molecule has 0 N–H and O–H groups in total. The van der Waals surface area contributed by atoms with Crippen LogP contribution < -0.4 is 0 Å². The molecule has 0 amide bonds. The number of aliphatic imine (C=N–C) groups is 1. The maximum atomic E-state index is 13.8. The third-order valence-corrected chi connectivity index (χ3v) is 5.00. The average Bonchev–Trinajstić information content (AvgIpc) is 3.14. The molecule has 0 aliphatic heterocycles. The molecular weight excluding hydrogens is 389 g/mol. The molecule has 154 valence electrons. The van der Waals surface area contributed by atoms with Crippen LogP contribution in [-0.4, -0.2) is 37.2 Å². The summed E-state index contributed by atoms with van der Waals surface area (Å²) in [4.78, 5) is 8.85. The van der Waals surface area contributed by atoms with E-state index < -0.39 is 12.3 Å². The molecule has 1 atom stereocenters. The zero-order chi connectivity index (χ0) is 20.7. The molecule has 2 aromatic rings. The maximum absolute atomic E-state index is 13.8. The van der Waals surface area contributed by atoms with Crippen LogP contribution in [0.15, 0.2) is 28.7 Å². The number of rotatable bonds is 9. The number of thiazole rings is 1. The lowest BCUT2D eigenvalue weighted by Crippen LogP contribution is -2.25. The first kappa shape index (κ1) is 22.5. The summed E-state index contributed by atoms with van der Waals surface area (Å²) in [5.74, 6) is 0. The predicted octanol–water partition coefficient (Wildman–Crippen LogP) is 6.28. The highest BCUT2D eigenvalue weighted by atomic mass is 32.1. The summed E-state index contributed by atoms with van der Waals surface area (Å²) in [6, 6.07) is 3.11. The van der Waals surface area contributed by atoms with E-state index in [2.05, 4.69) is 9.98 Å². The summed E-state index contributed by atoms with van der Waals surface area (Å²) in [5, 5.41) is 2.58. The second kappa shape index (κ2) is 10.1. The molecule has 0 bridgehead atoms. The van der Waals surface area contributed by atoms with Crippen molar-refractivity contribution >= 4 is 22.7 Å². The molecule has 0 spiro atoms. The Balaban J connectivity index is 2.60. The lowest BCUT2D eigenvalue weighted by atomic mass is 9.98. The average molecular weight is 414 g/mol. The van der Waals surface area contributed by atoms with Crippen LogP contribution in [0.4, 0.5) is 18.9 Å². The van der Waals surface area contributed by atoms with Gasteiger partial charge in [0.05, 0.1) is 18.9 Å². The van der Waals surface area contributed by atoms with E-state index in [4.69, 9.17) is 9.47 Å². The van der Waals surface area contributed by atoms with E-state index >= 15 is 0 Å². The topological polar surface area (TPSA) is 43.7 Å². The van der Waals surface area contributed by atoms with Crippen molar-refractivity contribution in [2.45, 2.75) is 45.9 Å². The molecule has 8 heteroatoms. The number of hydrogen-bond donors (Lipinski definition) is 0. The fraction of sp³-hybridized carbons (Fsp3) is 0.500. The molecule has 1 unspecified atom stereocenters. The highest BCUT2D eigenvalue weighted by Gasteiger charge is 2.43. The molecule has 4 nitrogen and oxygen atoms in total. The van der Waals surface area contributed by atoms with Crippen LogP contribution in [0.1, 0.15) is 43.9 Å². The van der Waals surface area contributed by atoms with E-state index in [-0.39, 0.29) is 18.8 Å². The summed E-state index contributed by atoms with van der Waals surface area (Å²) >= 11 is 1.44. The third-order valence-electron chi connectivity index (χ3n) is 4.19. The molecule has 28 heavy (non-hydrogen) atoms. The molecule has 1 aromatic heterocycles. The Morgan fingerprint density at radius 3 is 2.61 bits per heavy atom.